The quantitative estimate of drug-likeness (QED) is 0.297. The van der Waals surface area contributed by atoms with Gasteiger partial charge in [-0.15, -0.1) is 0 Å². The van der Waals surface area contributed by atoms with Crippen LogP contribution in [0.4, 0.5) is 27.1 Å². The Hall–Kier alpha value is -3.54. The lowest BCUT2D eigenvalue weighted by molar-refractivity contribution is -0.137. The number of hydrogen-bond donors (Lipinski definition) is 2. The third-order valence-corrected chi connectivity index (χ3v) is 9.03. The molecule has 10 nitrogen and oxygen atoms in total. The largest absolute Gasteiger partial charge is 0.416 e. The monoisotopic (exact) mass is 590 g/mol. The normalized spacial score (nSPS) is 12.6. The second-order valence-electron chi connectivity index (χ2n) is 8.13. The van der Waals surface area contributed by atoms with Gasteiger partial charge in [-0.2, -0.15) is 22.6 Å². The third-order valence-electron chi connectivity index (χ3n) is 5.51. The van der Waals surface area contributed by atoms with Gasteiger partial charge in [0.05, 0.1) is 29.8 Å². The van der Waals surface area contributed by atoms with Crippen molar-refractivity contribution >= 4 is 38.0 Å². The molecule has 0 saturated carbocycles. The standard InChI is InChI=1S/C22H19F5N6O4S2/c1-11-20(39(36,37)32(2)7-8-34)38-21(29-11)31-19(35)14-10-28-33-16(17(23)24)9-15(30-18(14)33)12-3-5-13(6-4-12)22(25,26)27/h3-6,9-10,17,34H,7-8H2,1-2H3,(H,29,31,35). The number of fused-ring (bicyclic) bond motifs is 1. The van der Waals surface area contributed by atoms with E-state index < -0.39 is 46.4 Å². The molecule has 0 aliphatic rings. The average Bonchev–Trinajstić information content (AvgIpc) is 3.46. The molecule has 0 aliphatic carbocycles. The number of hydrogen-bond acceptors (Lipinski definition) is 8. The van der Waals surface area contributed by atoms with Crippen molar-refractivity contribution < 1.29 is 40.3 Å². The molecule has 0 atom stereocenters. The minimum atomic E-state index is -4.59. The van der Waals surface area contributed by atoms with E-state index in [0.717, 1.165) is 45.3 Å². The molecule has 0 aliphatic heterocycles. The summed E-state index contributed by atoms with van der Waals surface area (Å²) in [5.74, 6) is -0.885. The number of benzene rings is 1. The number of rotatable bonds is 8. The molecule has 0 unspecified atom stereocenters. The summed E-state index contributed by atoms with van der Waals surface area (Å²) in [6, 6.07) is 4.66. The lowest BCUT2D eigenvalue weighted by Crippen LogP contribution is -2.29. The topological polar surface area (TPSA) is 130 Å². The predicted octanol–water partition coefficient (Wildman–Crippen LogP) is 3.98. The SMILES string of the molecule is Cc1nc(NC(=O)c2cnn3c(C(F)F)cc(-c4ccc(C(F)(F)F)cc4)nc23)sc1S(=O)(=O)N(C)CCO. The van der Waals surface area contributed by atoms with E-state index in [9.17, 15) is 35.2 Å². The zero-order chi connectivity index (χ0) is 28.7. The fourth-order valence-corrected chi connectivity index (χ4v) is 6.28. The van der Waals surface area contributed by atoms with E-state index in [1.165, 1.54) is 14.0 Å². The van der Waals surface area contributed by atoms with E-state index in [-0.39, 0.29) is 44.0 Å². The molecule has 4 rings (SSSR count). The van der Waals surface area contributed by atoms with Crippen LogP contribution < -0.4 is 5.32 Å². The summed E-state index contributed by atoms with van der Waals surface area (Å²) in [6.45, 7) is 0.838. The molecule has 1 amide bonds. The number of aromatic nitrogens is 4. The van der Waals surface area contributed by atoms with Crippen molar-refractivity contribution in [3.05, 3.63) is 59.0 Å². The molecule has 2 N–H and O–H groups in total. The summed E-state index contributed by atoms with van der Waals surface area (Å²) in [6.07, 6.45) is -6.68. The van der Waals surface area contributed by atoms with Gasteiger partial charge < -0.3 is 5.11 Å². The van der Waals surface area contributed by atoms with Crippen LogP contribution >= 0.6 is 11.3 Å². The minimum absolute atomic E-state index is 0.0858. The van der Waals surface area contributed by atoms with Crippen molar-refractivity contribution in [2.24, 2.45) is 0 Å². The van der Waals surface area contributed by atoms with Crippen molar-refractivity contribution in [1.82, 2.24) is 23.9 Å². The number of aryl methyl sites for hydroxylation is 1. The molecule has 17 heteroatoms. The van der Waals surface area contributed by atoms with Gasteiger partial charge in [0.1, 0.15) is 11.3 Å². The molecule has 1 aromatic carbocycles. The fraction of sp³-hybridized carbons (Fsp3) is 0.273. The Morgan fingerprint density at radius 3 is 2.46 bits per heavy atom. The first-order chi connectivity index (χ1) is 18.2. The second-order valence-corrected chi connectivity index (χ2v) is 11.4. The fourth-order valence-electron chi connectivity index (χ4n) is 3.52. The van der Waals surface area contributed by atoms with Crippen LogP contribution in [-0.4, -0.2) is 63.5 Å². The summed E-state index contributed by atoms with van der Waals surface area (Å²) < 4.78 is 93.3. The summed E-state index contributed by atoms with van der Waals surface area (Å²) in [5.41, 5.74) is -2.09. The maximum absolute atomic E-state index is 13.8. The molecule has 39 heavy (non-hydrogen) atoms. The van der Waals surface area contributed by atoms with Crippen molar-refractivity contribution in [3.8, 4) is 11.3 Å². The number of nitrogens with one attached hydrogen (secondary N) is 1. The Morgan fingerprint density at radius 2 is 1.87 bits per heavy atom. The Labute approximate surface area is 221 Å². The van der Waals surface area contributed by atoms with Crippen LogP contribution in [0.2, 0.25) is 0 Å². The van der Waals surface area contributed by atoms with E-state index in [4.69, 9.17) is 5.11 Å². The molecule has 3 heterocycles. The highest BCUT2D eigenvalue weighted by Gasteiger charge is 2.31. The number of halogens is 5. The lowest BCUT2D eigenvalue weighted by atomic mass is 10.1. The molecule has 0 fully saturated rings. The predicted molar refractivity (Wildman–Crippen MR) is 130 cm³/mol. The van der Waals surface area contributed by atoms with Gasteiger partial charge in [0, 0.05) is 19.2 Å². The van der Waals surface area contributed by atoms with Crippen LogP contribution in [0, 0.1) is 6.92 Å². The first kappa shape index (κ1) is 28.5. The number of aliphatic hydroxyl groups excluding tert-OH is 1. The third kappa shape index (κ3) is 5.61. The zero-order valence-electron chi connectivity index (χ0n) is 20.1. The molecule has 0 radical (unpaired) electrons. The van der Waals surface area contributed by atoms with Crippen molar-refractivity contribution in [3.63, 3.8) is 0 Å². The van der Waals surface area contributed by atoms with Gasteiger partial charge in [-0.3, -0.25) is 10.1 Å². The molecule has 0 bridgehead atoms. The molecule has 208 valence electrons. The molecule has 0 spiro atoms. The Kier molecular flexibility index (Phi) is 7.70. The highest BCUT2D eigenvalue weighted by atomic mass is 32.2. The van der Waals surface area contributed by atoms with E-state index >= 15 is 0 Å². The Morgan fingerprint density at radius 1 is 1.21 bits per heavy atom. The van der Waals surface area contributed by atoms with Crippen LogP contribution in [0.5, 0.6) is 0 Å². The van der Waals surface area contributed by atoms with Crippen molar-refractivity contribution in [2.45, 2.75) is 23.7 Å². The molecular weight excluding hydrogens is 571 g/mol. The van der Waals surface area contributed by atoms with Crippen LogP contribution in [0.1, 0.15) is 33.7 Å². The van der Waals surface area contributed by atoms with Gasteiger partial charge in [-0.25, -0.2) is 31.7 Å². The number of aliphatic hydroxyl groups is 1. The molecule has 3 aromatic heterocycles. The van der Waals surface area contributed by atoms with Crippen molar-refractivity contribution in [1.29, 1.82) is 0 Å². The molecule has 0 saturated heterocycles. The lowest BCUT2D eigenvalue weighted by Gasteiger charge is -2.14. The van der Waals surface area contributed by atoms with Crippen LogP contribution in [0.25, 0.3) is 16.9 Å². The molecule has 4 aromatic rings. The number of likely N-dealkylation sites (N-methyl/N-ethyl adjacent to an activating group) is 1. The van der Waals surface area contributed by atoms with Crippen molar-refractivity contribution in [2.75, 3.05) is 25.5 Å². The van der Waals surface area contributed by atoms with E-state index in [1.54, 1.807) is 0 Å². The van der Waals surface area contributed by atoms with Gasteiger partial charge >= 0.3 is 6.18 Å². The minimum Gasteiger partial charge on any atom is -0.395 e. The highest BCUT2D eigenvalue weighted by molar-refractivity contribution is 7.91. The van der Waals surface area contributed by atoms with Crippen LogP contribution in [0.15, 0.2) is 40.7 Å². The number of alkyl halides is 5. The van der Waals surface area contributed by atoms with E-state index in [1.807, 2.05) is 0 Å². The van der Waals surface area contributed by atoms with Crippen LogP contribution in [0.3, 0.4) is 0 Å². The number of amides is 1. The van der Waals surface area contributed by atoms with Gasteiger partial charge in [0.15, 0.2) is 15.0 Å². The van der Waals surface area contributed by atoms with Crippen LogP contribution in [-0.2, 0) is 16.2 Å². The average molecular weight is 591 g/mol. The zero-order valence-corrected chi connectivity index (χ0v) is 21.7. The number of anilines is 1. The first-order valence-corrected chi connectivity index (χ1v) is 13.2. The Balaban J connectivity index is 1.71. The summed E-state index contributed by atoms with van der Waals surface area (Å²) >= 11 is 0.649. The summed E-state index contributed by atoms with van der Waals surface area (Å²) in [7, 11) is -2.74. The van der Waals surface area contributed by atoms with E-state index in [2.05, 4.69) is 20.4 Å². The number of sulfonamides is 1. The van der Waals surface area contributed by atoms with E-state index in [0.29, 0.717) is 11.3 Å². The van der Waals surface area contributed by atoms with Gasteiger partial charge in [0.25, 0.3) is 22.4 Å². The van der Waals surface area contributed by atoms with Gasteiger partial charge in [-0.1, -0.05) is 23.5 Å². The maximum Gasteiger partial charge on any atom is 0.416 e. The number of carbonyl (C=O) groups excluding carboxylic acids is 1. The summed E-state index contributed by atoms with van der Waals surface area (Å²) in [4.78, 5) is 21.3. The molecular formula is C22H19F5N6O4S2. The van der Waals surface area contributed by atoms with Gasteiger partial charge in [0.2, 0.25) is 0 Å². The highest BCUT2D eigenvalue weighted by Crippen LogP contribution is 2.33. The Bertz CT molecular complexity index is 1640. The smallest absolute Gasteiger partial charge is 0.395 e. The van der Waals surface area contributed by atoms with Gasteiger partial charge in [-0.05, 0) is 25.1 Å². The number of carbonyl (C=O) groups is 1. The summed E-state index contributed by atoms with van der Waals surface area (Å²) in [5, 5.41) is 15.1. The first-order valence-electron chi connectivity index (χ1n) is 10.9. The number of thiazole rings is 1. The second kappa shape index (κ2) is 10.6. The number of nitrogens with zero attached hydrogens (tertiary/aromatic N) is 5. The maximum atomic E-state index is 13.8.